The third-order valence-corrected chi connectivity index (χ3v) is 5.81. The molecule has 3 heterocycles. The van der Waals surface area contributed by atoms with E-state index < -0.39 is 4.92 Å². The van der Waals surface area contributed by atoms with Gasteiger partial charge in [-0.25, -0.2) is 4.98 Å². The highest BCUT2D eigenvalue weighted by Crippen LogP contribution is 2.25. The van der Waals surface area contributed by atoms with Crippen LogP contribution in [0.25, 0.3) is 21.6 Å². The third-order valence-electron chi connectivity index (χ3n) is 3.96. The molecule has 0 bridgehead atoms. The SMILES string of the molecule is CCn1c(SCc2nc(-c3cccc([N+](=O)[O-])c3)no2)nc2ccsc2c1=O. The van der Waals surface area contributed by atoms with E-state index in [1.165, 1.54) is 35.2 Å². The molecular weight excluding hydrogens is 402 g/mol. The predicted molar refractivity (Wildman–Crippen MR) is 106 cm³/mol. The molecule has 3 aromatic heterocycles. The molecule has 0 aliphatic heterocycles. The van der Waals surface area contributed by atoms with Gasteiger partial charge in [-0.05, 0) is 18.4 Å². The number of nitrogens with zero attached hydrogens (tertiary/aromatic N) is 5. The van der Waals surface area contributed by atoms with E-state index in [2.05, 4.69) is 15.1 Å². The lowest BCUT2D eigenvalue weighted by molar-refractivity contribution is -0.384. The normalized spacial score (nSPS) is 11.2. The van der Waals surface area contributed by atoms with Crippen molar-refractivity contribution in [2.45, 2.75) is 24.4 Å². The van der Waals surface area contributed by atoms with Gasteiger partial charge in [0.2, 0.25) is 11.7 Å². The Morgan fingerprint density at radius 1 is 1.32 bits per heavy atom. The van der Waals surface area contributed by atoms with Gasteiger partial charge in [-0.2, -0.15) is 4.98 Å². The fourth-order valence-corrected chi connectivity index (χ4v) is 4.31. The summed E-state index contributed by atoms with van der Waals surface area (Å²) >= 11 is 2.70. The second-order valence-corrected chi connectivity index (χ2v) is 7.55. The summed E-state index contributed by atoms with van der Waals surface area (Å²) in [6.45, 7) is 2.39. The topological polar surface area (TPSA) is 117 Å². The minimum atomic E-state index is -0.476. The smallest absolute Gasteiger partial charge is 0.272 e. The molecule has 0 saturated heterocycles. The van der Waals surface area contributed by atoms with Gasteiger partial charge in [0.1, 0.15) is 4.70 Å². The molecular formula is C17H13N5O4S2. The van der Waals surface area contributed by atoms with Gasteiger partial charge in [-0.15, -0.1) is 11.3 Å². The Bertz CT molecular complexity index is 1230. The van der Waals surface area contributed by atoms with Crippen LogP contribution in [0, 0.1) is 10.1 Å². The molecule has 4 rings (SSSR count). The quantitative estimate of drug-likeness (QED) is 0.202. The lowest BCUT2D eigenvalue weighted by Crippen LogP contribution is -2.21. The monoisotopic (exact) mass is 415 g/mol. The molecule has 0 fully saturated rings. The van der Waals surface area contributed by atoms with Gasteiger partial charge < -0.3 is 4.52 Å². The van der Waals surface area contributed by atoms with Crippen molar-refractivity contribution in [2.24, 2.45) is 0 Å². The molecule has 4 aromatic rings. The van der Waals surface area contributed by atoms with Crippen LogP contribution in [0.4, 0.5) is 5.69 Å². The predicted octanol–water partition coefficient (Wildman–Crippen LogP) is 3.73. The van der Waals surface area contributed by atoms with Crippen LogP contribution in [0.15, 0.2) is 50.2 Å². The lowest BCUT2D eigenvalue weighted by atomic mass is 10.2. The van der Waals surface area contributed by atoms with Crippen molar-refractivity contribution in [1.29, 1.82) is 0 Å². The first-order valence-corrected chi connectivity index (χ1v) is 10.1. The molecule has 0 aliphatic rings. The number of hydrogen-bond acceptors (Lipinski definition) is 9. The molecule has 1 aromatic carbocycles. The molecule has 28 heavy (non-hydrogen) atoms. The largest absolute Gasteiger partial charge is 0.338 e. The molecule has 11 heteroatoms. The molecule has 0 aliphatic carbocycles. The number of fused-ring (bicyclic) bond motifs is 1. The van der Waals surface area contributed by atoms with Crippen molar-refractivity contribution in [1.82, 2.24) is 19.7 Å². The van der Waals surface area contributed by atoms with E-state index in [4.69, 9.17) is 4.52 Å². The maximum Gasteiger partial charge on any atom is 0.272 e. The fourth-order valence-electron chi connectivity index (χ4n) is 2.63. The van der Waals surface area contributed by atoms with E-state index in [9.17, 15) is 14.9 Å². The van der Waals surface area contributed by atoms with Crippen LogP contribution < -0.4 is 5.56 Å². The summed E-state index contributed by atoms with van der Waals surface area (Å²) in [4.78, 5) is 31.8. The van der Waals surface area contributed by atoms with E-state index in [0.717, 1.165) is 0 Å². The average molecular weight is 415 g/mol. The molecule has 142 valence electrons. The summed E-state index contributed by atoms with van der Waals surface area (Å²) in [5.41, 5.74) is 1.06. The van der Waals surface area contributed by atoms with E-state index >= 15 is 0 Å². The van der Waals surface area contributed by atoms with E-state index in [0.29, 0.717) is 39.1 Å². The Hall–Kier alpha value is -3.05. The summed E-state index contributed by atoms with van der Waals surface area (Å²) in [6.07, 6.45) is 0. The second-order valence-electron chi connectivity index (χ2n) is 5.69. The highest BCUT2D eigenvalue weighted by atomic mass is 32.2. The maximum atomic E-state index is 12.5. The van der Waals surface area contributed by atoms with Gasteiger partial charge in [0, 0.05) is 24.2 Å². The highest BCUT2D eigenvalue weighted by Gasteiger charge is 2.15. The summed E-state index contributed by atoms with van der Waals surface area (Å²) in [6, 6.07) is 7.85. The zero-order chi connectivity index (χ0) is 19.7. The van der Waals surface area contributed by atoms with Gasteiger partial charge in [-0.3, -0.25) is 19.5 Å². The molecule has 0 spiro atoms. The minimum absolute atomic E-state index is 0.0431. The van der Waals surface area contributed by atoms with Crippen molar-refractivity contribution in [3.63, 3.8) is 0 Å². The number of hydrogen-bond donors (Lipinski definition) is 0. The van der Waals surface area contributed by atoms with Crippen LogP contribution in [0.5, 0.6) is 0 Å². The summed E-state index contributed by atoms with van der Waals surface area (Å²) in [5, 5.41) is 17.2. The van der Waals surface area contributed by atoms with Crippen LogP contribution in [-0.4, -0.2) is 24.6 Å². The van der Waals surface area contributed by atoms with Crippen molar-refractivity contribution in [3.05, 3.63) is 62.1 Å². The van der Waals surface area contributed by atoms with Crippen LogP contribution in [-0.2, 0) is 12.3 Å². The Labute approximate surface area is 166 Å². The molecule has 0 atom stereocenters. The lowest BCUT2D eigenvalue weighted by Gasteiger charge is -2.08. The molecule has 0 unspecified atom stereocenters. The number of benzene rings is 1. The van der Waals surface area contributed by atoms with Gasteiger partial charge in [0.05, 0.1) is 16.2 Å². The first-order chi connectivity index (χ1) is 13.6. The number of thioether (sulfide) groups is 1. The number of rotatable bonds is 6. The number of nitro benzene ring substituents is 1. The van der Waals surface area contributed by atoms with Crippen molar-refractivity contribution in [2.75, 3.05) is 0 Å². The van der Waals surface area contributed by atoms with Crippen molar-refractivity contribution < 1.29 is 9.45 Å². The number of aromatic nitrogens is 4. The Balaban J connectivity index is 1.57. The van der Waals surface area contributed by atoms with E-state index in [-0.39, 0.29) is 17.1 Å². The standard InChI is InChI=1S/C17H13N5O4S2/c1-2-21-16(23)14-12(6-7-27-14)18-17(21)28-9-13-19-15(20-26-13)10-4-3-5-11(8-10)22(24)25/h3-8H,2,9H2,1H3. The third kappa shape index (κ3) is 3.41. The summed E-state index contributed by atoms with van der Waals surface area (Å²) < 4.78 is 7.50. The summed E-state index contributed by atoms with van der Waals surface area (Å²) in [7, 11) is 0. The maximum absolute atomic E-state index is 12.5. The molecule has 0 saturated carbocycles. The zero-order valence-corrected chi connectivity index (χ0v) is 16.2. The van der Waals surface area contributed by atoms with E-state index in [1.807, 2.05) is 18.4 Å². The molecule has 0 radical (unpaired) electrons. The zero-order valence-electron chi connectivity index (χ0n) is 14.6. The summed E-state index contributed by atoms with van der Waals surface area (Å²) in [5.74, 6) is 0.937. The highest BCUT2D eigenvalue weighted by molar-refractivity contribution is 7.98. The molecule has 0 N–H and O–H groups in total. The number of non-ortho nitro benzene ring substituents is 1. The van der Waals surface area contributed by atoms with Crippen LogP contribution in [0.2, 0.25) is 0 Å². The minimum Gasteiger partial charge on any atom is -0.338 e. The van der Waals surface area contributed by atoms with Crippen LogP contribution >= 0.6 is 23.1 Å². The Morgan fingerprint density at radius 2 is 2.18 bits per heavy atom. The average Bonchev–Trinajstić information content (AvgIpc) is 3.36. The number of thiophene rings is 1. The second kappa shape index (κ2) is 7.52. The number of nitro groups is 1. The van der Waals surface area contributed by atoms with Gasteiger partial charge in [0.15, 0.2) is 5.16 Å². The fraction of sp³-hybridized carbons (Fsp3) is 0.176. The van der Waals surface area contributed by atoms with Crippen LogP contribution in [0.3, 0.4) is 0 Å². The van der Waals surface area contributed by atoms with E-state index in [1.54, 1.807) is 16.7 Å². The Kier molecular flexibility index (Phi) is 4.92. The van der Waals surface area contributed by atoms with Crippen molar-refractivity contribution in [3.8, 4) is 11.4 Å². The van der Waals surface area contributed by atoms with Crippen molar-refractivity contribution >= 4 is 39.0 Å². The van der Waals surface area contributed by atoms with Gasteiger partial charge in [-0.1, -0.05) is 29.1 Å². The molecule has 0 amide bonds. The Morgan fingerprint density at radius 3 is 2.96 bits per heavy atom. The first-order valence-electron chi connectivity index (χ1n) is 8.25. The van der Waals surface area contributed by atoms with Gasteiger partial charge in [0.25, 0.3) is 11.2 Å². The molecule has 9 nitrogen and oxygen atoms in total. The van der Waals surface area contributed by atoms with Crippen LogP contribution in [0.1, 0.15) is 12.8 Å². The first kappa shape index (κ1) is 18.3. The van der Waals surface area contributed by atoms with Gasteiger partial charge >= 0.3 is 0 Å².